The summed E-state index contributed by atoms with van der Waals surface area (Å²) in [5.74, 6) is -0.632. The fraction of sp³-hybridized carbons (Fsp3) is 0.211. The van der Waals surface area contributed by atoms with Crippen LogP contribution in [0.1, 0.15) is 18.9 Å². The van der Waals surface area contributed by atoms with E-state index in [1.165, 1.54) is 11.8 Å². The van der Waals surface area contributed by atoms with Gasteiger partial charge in [-0.25, -0.2) is 4.90 Å². The standard InChI is InChI=1S/C19H19N3O3/c1-12-3-9-16(10-4-12)22-18(24)11-17(19(22)25)21-15-7-5-14(6-8-15)20-13(2)23/h3-10,17,21H,11H2,1-2H3,(H,20,23)/t17-/m0/s1. The summed E-state index contributed by atoms with van der Waals surface area (Å²) in [5.41, 5.74) is 3.04. The molecule has 3 amide bonds. The smallest absolute Gasteiger partial charge is 0.256 e. The molecule has 1 aliphatic heterocycles. The van der Waals surface area contributed by atoms with Crippen LogP contribution in [0.3, 0.4) is 0 Å². The Labute approximate surface area is 145 Å². The number of rotatable bonds is 4. The molecule has 1 atom stereocenters. The lowest BCUT2D eigenvalue weighted by Crippen LogP contribution is -2.34. The molecule has 1 heterocycles. The first-order valence-corrected chi connectivity index (χ1v) is 8.02. The number of anilines is 3. The van der Waals surface area contributed by atoms with Gasteiger partial charge in [-0.3, -0.25) is 14.4 Å². The molecule has 1 saturated heterocycles. The zero-order valence-corrected chi connectivity index (χ0v) is 14.1. The van der Waals surface area contributed by atoms with Crippen LogP contribution in [0.4, 0.5) is 17.1 Å². The fourth-order valence-corrected chi connectivity index (χ4v) is 2.76. The second-order valence-electron chi connectivity index (χ2n) is 6.06. The molecule has 0 unspecified atom stereocenters. The maximum atomic E-state index is 12.6. The minimum absolute atomic E-state index is 0.111. The van der Waals surface area contributed by atoms with Gasteiger partial charge in [-0.2, -0.15) is 0 Å². The summed E-state index contributed by atoms with van der Waals surface area (Å²) in [6, 6.07) is 13.7. The highest BCUT2D eigenvalue weighted by atomic mass is 16.2. The summed E-state index contributed by atoms with van der Waals surface area (Å²) in [5, 5.41) is 5.77. The Kier molecular flexibility index (Phi) is 4.52. The van der Waals surface area contributed by atoms with Gasteiger partial charge in [0.2, 0.25) is 11.8 Å². The first-order valence-electron chi connectivity index (χ1n) is 8.02. The lowest BCUT2D eigenvalue weighted by atomic mass is 10.2. The number of carbonyl (C=O) groups excluding carboxylic acids is 3. The summed E-state index contributed by atoms with van der Waals surface area (Å²) >= 11 is 0. The number of hydrogen-bond acceptors (Lipinski definition) is 4. The van der Waals surface area contributed by atoms with Gasteiger partial charge >= 0.3 is 0 Å². The Hall–Kier alpha value is -3.15. The third kappa shape index (κ3) is 3.68. The van der Waals surface area contributed by atoms with E-state index >= 15 is 0 Å². The molecule has 0 aromatic heterocycles. The average molecular weight is 337 g/mol. The van der Waals surface area contributed by atoms with Gasteiger partial charge in [-0.1, -0.05) is 17.7 Å². The summed E-state index contributed by atoms with van der Waals surface area (Å²) in [7, 11) is 0. The Morgan fingerprint density at radius 2 is 1.60 bits per heavy atom. The quantitative estimate of drug-likeness (QED) is 0.841. The van der Waals surface area contributed by atoms with Gasteiger partial charge in [-0.05, 0) is 43.3 Å². The second kappa shape index (κ2) is 6.76. The van der Waals surface area contributed by atoms with Crippen molar-refractivity contribution in [3.05, 3.63) is 54.1 Å². The predicted octanol–water partition coefficient (Wildman–Crippen LogP) is 2.70. The molecule has 2 aromatic rings. The molecule has 1 aliphatic rings. The van der Waals surface area contributed by atoms with Crippen molar-refractivity contribution in [3.8, 4) is 0 Å². The SMILES string of the molecule is CC(=O)Nc1ccc(N[C@H]2CC(=O)N(c3ccc(C)cc3)C2=O)cc1. The monoisotopic (exact) mass is 337 g/mol. The first-order chi connectivity index (χ1) is 11.9. The van der Waals surface area contributed by atoms with Gasteiger partial charge in [-0.15, -0.1) is 0 Å². The van der Waals surface area contributed by atoms with Gasteiger partial charge in [0.05, 0.1) is 12.1 Å². The summed E-state index contributed by atoms with van der Waals surface area (Å²) < 4.78 is 0. The van der Waals surface area contributed by atoms with E-state index in [0.29, 0.717) is 17.1 Å². The number of amides is 3. The number of aryl methyl sites for hydroxylation is 1. The summed E-state index contributed by atoms with van der Waals surface area (Å²) in [4.78, 5) is 37.1. The molecule has 0 radical (unpaired) electrons. The fourth-order valence-electron chi connectivity index (χ4n) is 2.76. The van der Waals surface area contributed by atoms with Gasteiger partial charge in [0.25, 0.3) is 5.91 Å². The van der Waals surface area contributed by atoms with Crippen LogP contribution >= 0.6 is 0 Å². The molecule has 0 bridgehead atoms. The lowest BCUT2D eigenvalue weighted by molar-refractivity contribution is -0.121. The van der Waals surface area contributed by atoms with E-state index in [2.05, 4.69) is 10.6 Å². The van der Waals surface area contributed by atoms with Crippen LogP contribution in [0.25, 0.3) is 0 Å². The van der Waals surface area contributed by atoms with Crippen LogP contribution in [0.5, 0.6) is 0 Å². The molecule has 1 fully saturated rings. The Balaban J connectivity index is 1.71. The van der Waals surface area contributed by atoms with Crippen molar-refractivity contribution in [2.45, 2.75) is 26.3 Å². The molecular formula is C19H19N3O3. The number of carbonyl (C=O) groups is 3. The van der Waals surface area contributed by atoms with Gasteiger partial charge in [0, 0.05) is 18.3 Å². The Morgan fingerprint density at radius 1 is 1.00 bits per heavy atom. The zero-order chi connectivity index (χ0) is 18.0. The number of benzene rings is 2. The van der Waals surface area contributed by atoms with Crippen molar-refractivity contribution in [1.29, 1.82) is 0 Å². The molecule has 6 nitrogen and oxygen atoms in total. The van der Waals surface area contributed by atoms with E-state index in [4.69, 9.17) is 0 Å². The van der Waals surface area contributed by atoms with Crippen molar-refractivity contribution in [2.75, 3.05) is 15.5 Å². The van der Waals surface area contributed by atoms with E-state index in [1.807, 2.05) is 19.1 Å². The molecule has 128 valence electrons. The predicted molar refractivity (Wildman–Crippen MR) is 96.4 cm³/mol. The molecule has 25 heavy (non-hydrogen) atoms. The number of imide groups is 1. The minimum atomic E-state index is -0.597. The largest absolute Gasteiger partial charge is 0.373 e. The summed E-state index contributed by atoms with van der Waals surface area (Å²) in [6.07, 6.45) is 0.111. The van der Waals surface area contributed by atoms with Crippen molar-refractivity contribution in [3.63, 3.8) is 0 Å². The normalized spacial score (nSPS) is 16.9. The Bertz CT molecular complexity index is 813. The molecule has 0 aliphatic carbocycles. The van der Waals surface area contributed by atoms with Gasteiger partial charge < -0.3 is 10.6 Å². The van der Waals surface area contributed by atoms with E-state index in [0.717, 1.165) is 5.56 Å². The maximum absolute atomic E-state index is 12.6. The van der Waals surface area contributed by atoms with Crippen LogP contribution < -0.4 is 15.5 Å². The topological polar surface area (TPSA) is 78.5 Å². The first kappa shape index (κ1) is 16.7. The molecule has 2 aromatic carbocycles. The highest BCUT2D eigenvalue weighted by molar-refractivity contribution is 6.23. The van der Waals surface area contributed by atoms with Crippen LogP contribution in [0, 0.1) is 6.92 Å². The van der Waals surface area contributed by atoms with Crippen LogP contribution in [0.15, 0.2) is 48.5 Å². The number of nitrogens with zero attached hydrogens (tertiary/aromatic N) is 1. The van der Waals surface area contributed by atoms with E-state index < -0.39 is 6.04 Å². The molecule has 3 rings (SSSR count). The van der Waals surface area contributed by atoms with Crippen molar-refractivity contribution >= 4 is 34.8 Å². The van der Waals surface area contributed by atoms with Crippen LogP contribution in [0.2, 0.25) is 0 Å². The molecule has 0 spiro atoms. The van der Waals surface area contributed by atoms with Crippen molar-refractivity contribution < 1.29 is 14.4 Å². The molecule has 6 heteroatoms. The van der Waals surface area contributed by atoms with Crippen molar-refractivity contribution in [1.82, 2.24) is 0 Å². The van der Waals surface area contributed by atoms with Crippen molar-refractivity contribution in [2.24, 2.45) is 0 Å². The lowest BCUT2D eigenvalue weighted by Gasteiger charge is -2.16. The number of hydrogen-bond donors (Lipinski definition) is 2. The maximum Gasteiger partial charge on any atom is 0.256 e. The van der Waals surface area contributed by atoms with Gasteiger partial charge in [0.1, 0.15) is 6.04 Å². The van der Waals surface area contributed by atoms with Crippen LogP contribution in [-0.4, -0.2) is 23.8 Å². The third-order valence-electron chi connectivity index (χ3n) is 3.98. The van der Waals surface area contributed by atoms with E-state index in [-0.39, 0.29) is 24.1 Å². The third-order valence-corrected chi connectivity index (χ3v) is 3.98. The van der Waals surface area contributed by atoms with E-state index in [9.17, 15) is 14.4 Å². The summed E-state index contributed by atoms with van der Waals surface area (Å²) in [6.45, 7) is 3.39. The second-order valence-corrected chi connectivity index (χ2v) is 6.06. The van der Waals surface area contributed by atoms with Crippen LogP contribution in [-0.2, 0) is 14.4 Å². The minimum Gasteiger partial charge on any atom is -0.373 e. The molecule has 2 N–H and O–H groups in total. The zero-order valence-electron chi connectivity index (χ0n) is 14.1. The Morgan fingerprint density at radius 3 is 2.20 bits per heavy atom. The average Bonchev–Trinajstić information content (AvgIpc) is 2.84. The van der Waals surface area contributed by atoms with Gasteiger partial charge in [0.15, 0.2) is 0 Å². The highest BCUT2D eigenvalue weighted by Gasteiger charge is 2.39. The van der Waals surface area contributed by atoms with E-state index in [1.54, 1.807) is 36.4 Å². The number of nitrogens with one attached hydrogen (secondary N) is 2. The molecule has 0 saturated carbocycles. The molecular weight excluding hydrogens is 318 g/mol. The highest BCUT2D eigenvalue weighted by Crippen LogP contribution is 2.25.